The molecule has 1 aliphatic heterocycles. The van der Waals surface area contributed by atoms with Crippen LogP contribution in [0.4, 0.5) is 15.3 Å². The molecule has 0 unspecified atom stereocenters. The number of nitrogens with one attached hydrogen (secondary N) is 2. The Kier molecular flexibility index (Phi) is 6.15. The maximum atomic E-state index is 13.1. The summed E-state index contributed by atoms with van der Waals surface area (Å²) in [6, 6.07) is 12.6. The van der Waals surface area contributed by atoms with Gasteiger partial charge in [-0.25, -0.2) is 9.59 Å². The Morgan fingerprint density at radius 1 is 1.12 bits per heavy atom. The number of hydrogen-bond acceptors (Lipinski definition) is 4. The maximum Gasteiger partial charge on any atom is 0.323 e. The molecule has 0 aliphatic carbocycles. The van der Waals surface area contributed by atoms with E-state index in [1.807, 2.05) is 24.3 Å². The number of nitrogens with zero attached hydrogens (tertiary/aromatic N) is 2. The average Bonchev–Trinajstić information content (AvgIpc) is 3.33. The largest absolute Gasteiger partial charge is 0.351 e. The zero-order valence-electron chi connectivity index (χ0n) is 17.1. The third-order valence-electron chi connectivity index (χ3n) is 5.44. The zero-order valence-corrected chi connectivity index (χ0v) is 18.7. The van der Waals surface area contributed by atoms with Crippen LogP contribution in [0.3, 0.4) is 0 Å². The molecule has 0 saturated carbocycles. The van der Waals surface area contributed by atoms with E-state index in [4.69, 9.17) is 11.5 Å². The minimum atomic E-state index is -0.693. The standard InChI is InChI=1S/C22H23BrN6O3/c23-14-5-3-4-13(8-14)10-26-20(30)19-9-15(24)11-29(19)22(32)27-17-12-28(21(25)31)18-7-2-1-6-16(17)18/h1-8,12,15,19H,9-11,24H2,(H2,25,31)(H,26,30)(H,27,32)/t15-,19-/m0/s1. The lowest BCUT2D eigenvalue weighted by Crippen LogP contribution is -2.47. The number of urea groups is 1. The molecule has 166 valence electrons. The third-order valence-corrected chi connectivity index (χ3v) is 5.94. The first-order valence-electron chi connectivity index (χ1n) is 10.1. The van der Waals surface area contributed by atoms with Crippen molar-refractivity contribution in [2.45, 2.75) is 25.0 Å². The average molecular weight is 499 g/mol. The Balaban J connectivity index is 1.49. The highest BCUT2D eigenvalue weighted by atomic mass is 79.9. The van der Waals surface area contributed by atoms with Crippen LogP contribution in [0.5, 0.6) is 0 Å². The Morgan fingerprint density at radius 2 is 1.91 bits per heavy atom. The highest BCUT2D eigenvalue weighted by molar-refractivity contribution is 9.10. The van der Waals surface area contributed by atoms with Gasteiger partial charge in [-0.15, -0.1) is 0 Å². The summed E-state index contributed by atoms with van der Waals surface area (Å²) in [6.07, 6.45) is 1.84. The van der Waals surface area contributed by atoms with E-state index in [1.54, 1.807) is 24.3 Å². The number of para-hydroxylation sites is 1. The van der Waals surface area contributed by atoms with Gasteiger partial charge in [-0.1, -0.05) is 46.3 Å². The Hall–Kier alpha value is -3.37. The van der Waals surface area contributed by atoms with Gasteiger partial charge in [-0.3, -0.25) is 9.36 Å². The van der Waals surface area contributed by atoms with Crippen LogP contribution >= 0.6 is 15.9 Å². The normalized spacial score (nSPS) is 18.0. The Labute approximate surface area is 192 Å². The highest BCUT2D eigenvalue weighted by Gasteiger charge is 2.38. The van der Waals surface area contributed by atoms with Gasteiger partial charge in [0.2, 0.25) is 5.91 Å². The molecule has 2 heterocycles. The second kappa shape index (κ2) is 9.01. The molecule has 2 aromatic carbocycles. The summed E-state index contributed by atoms with van der Waals surface area (Å²) >= 11 is 3.41. The molecule has 10 heteroatoms. The fourth-order valence-corrected chi connectivity index (χ4v) is 4.39. The first-order valence-corrected chi connectivity index (χ1v) is 10.9. The number of fused-ring (bicyclic) bond motifs is 1. The molecule has 1 aromatic heterocycles. The first kappa shape index (κ1) is 21.8. The molecule has 0 radical (unpaired) electrons. The van der Waals surface area contributed by atoms with Gasteiger partial charge in [0, 0.05) is 35.2 Å². The molecule has 4 rings (SSSR count). The van der Waals surface area contributed by atoms with E-state index >= 15 is 0 Å². The lowest BCUT2D eigenvalue weighted by Gasteiger charge is -2.24. The van der Waals surface area contributed by atoms with E-state index in [1.165, 1.54) is 15.7 Å². The monoisotopic (exact) mass is 498 g/mol. The summed E-state index contributed by atoms with van der Waals surface area (Å²) in [6.45, 7) is 0.584. The molecule has 3 aromatic rings. The summed E-state index contributed by atoms with van der Waals surface area (Å²) < 4.78 is 2.19. The molecule has 4 amide bonds. The van der Waals surface area contributed by atoms with E-state index in [0.717, 1.165) is 10.0 Å². The number of carbonyl (C=O) groups is 3. The van der Waals surface area contributed by atoms with E-state index in [2.05, 4.69) is 26.6 Å². The summed E-state index contributed by atoms with van der Waals surface area (Å²) in [5.74, 6) is -0.271. The van der Waals surface area contributed by atoms with Crippen molar-refractivity contribution in [2.75, 3.05) is 11.9 Å². The number of benzene rings is 2. The SMILES string of the molecule is NC(=O)n1cc(NC(=O)N2C[C@@H](N)C[C@H]2C(=O)NCc2cccc(Br)c2)c2ccccc21. The summed E-state index contributed by atoms with van der Waals surface area (Å²) in [5, 5.41) is 6.35. The van der Waals surface area contributed by atoms with E-state index < -0.39 is 18.1 Å². The number of nitrogens with two attached hydrogens (primary N) is 2. The number of primary amides is 1. The molecule has 1 fully saturated rings. The van der Waals surface area contributed by atoms with Crippen molar-refractivity contribution in [3.63, 3.8) is 0 Å². The van der Waals surface area contributed by atoms with Crippen molar-refractivity contribution < 1.29 is 14.4 Å². The maximum absolute atomic E-state index is 13.1. The summed E-state index contributed by atoms with van der Waals surface area (Å²) in [4.78, 5) is 39.1. The van der Waals surface area contributed by atoms with Crippen LogP contribution in [-0.2, 0) is 11.3 Å². The van der Waals surface area contributed by atoms with Gasteiger partial charge in [0.1, 0.15) is 6.04 Å². The minimum absolute atomic E-state index is 0.245. The van der Waals surface area contributed by atoms with Gasteiger partial charge in [-0.05, 0) is 30.2 Å². The van der Waals surface area contributed by atoms with Crippen LogP contribution in [0, 0.1) is 0 Å². The smallest absolute Gasteiger partial charge is 0.323 e. The molecule has 2 atom stereocenters. The number of anilines is 1. The number of amides is 4. The molecule has 1 aliphatic rings. The summed E-state index contributed by atoms with van der Waals surface area (Å²) in [7, 11) is 0. The number of halogens is 1. The van der Waals surface area contributed by atoms with Crippen molar-refractivity contribution in [3.8, 4) is 0 Å². The molecule has 0 spiro atoms. The molecule has 9 nitrogen and oxygen atoms in total. The second-order valence-corrected chi connectivity index (χ2v) is 8.63. The fraction of sp³-hybridized carbons (Fsp3) is 0.227. The van der Waals surface area contributed by atoms with Crippen LogP contribution in [0.25, 0.3) is 10.9 Å². The highest BCUT2D eigenvalue weighted by Crippen LogP contribution is 2.27. The quantitative estimate of drug-likeness (QED) is 0.439. The Bertz CT molecular complexity index is 1190. The molecular formula is C22H23BrN6O3. The van der Waals surface area contributed by atoms with Crippen molar-refractivity contribution in [3.05, 3.63) is 64.8 Å². The van der Waals surface area contributed by atoms with Crippen LogP contribution in [0.2, 0.25) is 0 Å². The predicted molar refractivity (Wildman–Crippen MR) is 125 cm³/mol. The third kappa shape index (κ3) is 4.46. The minimum Gasteiger partial charge on any atom is -0.351 e. The molecule has 6 N–H and O–H groups in total. The van der Waals surface area contributed by atoms with Crippen LogP contribution in [0.15, 0.2) is 59.2 Å². The molecular weight excluding hydrogens is 476 g/mol. The van der Waals surface area contributed by atoms with Gasteiger partial charge in [0.25, 0.3) is 0 Å². The fourth-order valence-electron chi connectivity index (χ4n) is 3.94. The number of rotatable bonds is 4. The van der Waals surface area contributed by atoms with Crippen molar-refractivity contribution >= 4 is 50.5 Å². The first-order chi connectivity index (χ1) is 15.3. The molecule has 0 bridgehead atoms. The zero-order chi connectivity index (χ0) is 22.8. The number of aromatic nitrogens is 1. The van der Waals surface area contributed by atoms with Crippen LogP contribution < -0.4 is 22.1 Å². The number of carbonyl (C=O) groups excluding carboxylic acids is 3. The van der Waals surface area contributed by atoms with Gasteiger partial charge in [0.15, 0.2) is 0 Å². The van der Waals surface area contributed by atoms with Crippen LogP contribution in [-0.4, -0.2) is 46.1 Å². The Morgan fingerprint density at radius 3 is 2.66 bits per heavy atom. The van der Waals surface area contributed by atoms with Crippen molar-refractivity contribution in [1.29, 1.82) is 0 Å². The predicted octanol–water partition coefficient (Wildman–Crippen LogP) is 2.58. The van der Waals surface area contributed by atoms with E-state index in [-0.39, 0.29) is 18.5 Å². The van der Waals surface area contributed by atoms with Crippen molar-refractivity contribution in [1.82, 2.24) is 14.8 Å². The topological polar surface area (TPSA) is 135 Å². The van der Waals surface area contributed by atoms with Crippen molar-refractivity contribution in [2.24, 2.45) is 11.5 Å². The molecule has 1 saturated heterocycles. The summed E-state index contributed by atoms with van der Waals surface area (Å²) in [5.41, 5.74) is 13.5. The van der Waals surface area contributed by atoms with Gasteiger partial charge < -0.3 is 27.0 Å². The van der Waals surface area contributed by atoms with Crippen LogP contribution in [0.1, 0.15) is 12.0 Å². The van der Waals surface area contributed by atoms with Gasteiger partial charge in [0.05, 0.1) is 11.2 Å². The lowest BCUT2D eigenvalue weighted by molar-refractivity contribution is -0.124. The van der Waals surface area contributed by atoms with Gasteiger partial charge >= 0.3 is 12.1 Å². The number of hydrogen-bond donors (Lipinski definition) is 4. The molecule has 32 heavy (non-hydrogen) atoms. The van der Waals surface area contributed by atoms with E-state index in [0.29, 0.717) is 29.6 Å². The number of likely N-dealkylation sites (tertiary alicyclic amines) is 1. The van der Waals surface area contributed by atoms with Gasteiger partial charge in [-0.2, -0.15) is 0 Å². The lowest BCUT2D eigenvalue weighted by atomic mass is 10.1. The van der Waals surface area contributed by atoms with E-state index in [9.17, 15) is 14.4 Å². The second-order valence-electron chi connectivity index (χ2n) is 7.71.